The Balaban J connectivity index is 1.23. The molecule has 3 saturated carbocycles. The van der Waals surface area contributed by atoms with Crippen LogP contribution in [0.3, 0.4) is 0 Å². The molecule has 0 aromatic heterocycles. The molecule has 4 unspecified atom stereocenters. The fourth-order valence-electron chi connectivity index (χ4n) is 7.03. The maximum absolute atomic E-state index is 13.9. The molecule has 4 rings (SSSR count). The Hall–Kier alpha value is -2.05. The molecule has 1 aromatic rings. The molecule has 0 radical (unpaired) electrons. The van der Waals surface area contributed by atoms with Gasteiger partial charge in [-0.25, -0.2) is 8.78 Å². The van der Waals surface area contributed by atoms with Gasteiger partial charge in [-0.15, -0.1) is 0 Å². The number of carbonyl (C=O) groups is 1. The van der Waals surface area contributed by atoms with Gasteiger partial charge in [-0.1, -0.05) is 18.6 Å². The van der Waals surface area contributed by atoms with Gasteiger partial charge in [0.2, 0.25) is 0 Å². The van der Waals surface area contributed by atoms with E-state index in [9.17, 15) is 22.4 Å². The molecule has 7 heteroatoms. The number of fused-ring (bicyclic) bond motifs is 1. The van der Waals surface area contributed by atoms with Gasteiger partial charge in [-0.2, -0.15) is 8.78 Å². The second kappa shape index (κ2) is 12.5. The van der Waals surface area contributed by atoms with E-state index in [1.54, 1.807) is 0 Å². The van der Waals surface area contributed by atoms with Crippen molar-refractivity contribution in [3.8, 4) is 11.5 Å². The van der Waals surface area contributed by atoms with Crippen LogP contribution in [0.25, 0.3) is 0 Å². The van der Waals surface area contributed by atoms with Crippen LogP contribution in [0, 0.1) is 47.1 Å². The van der Waals surface area contributed by atoms with Gasteiger partial charge in [-0.3, -0.25) is 4.79 Å². The third kappa shape index (κ3) is 6.83. The van der Waals surface area contributed by atoms with Crippen molar-refractivity contribution in [3.05, 3.63) is 35.9 Å². The molecule has 0 saturated heterocycles. The summed E-state index contributed by atoms with van der Waals surface area (Å²) in [5.41, 5.74) is 0. The van der Waals surface area contributed by atoms with E-state index >= 15 is 0 Å². The van der Waals surface area contributed by atoms with Crippen molar-refractivity contribution < 1.29 is 31.8 Å². The molecule has 1 aromatic carbocycles. The average molecular weight is 511 g/mol. The van der Waals surface area contributed by atoms with Gasteiger partial charge in [0.1, 0.15) is 5.75 Å². The van der Waals surface area contributed by atoms with Crippen molar-refractivity contribution in [1.29, 1.82) is 0 Å². The van der Waals surface area contributed by atoms with E-state index in [2.05, 4.69) is 23.8 Å². The normalized spacial score (nSPS) is 30.8. The molecule has 0 N–H and O–H groups in total. The average Bonchev–Trinajstić information content (AvgIpc) is 2.86. The predicted octanol–water partition coefficient (Wildman–Crippen LogP) is 8.47. The van der Waals surface area contributed by atoms with Gasteiger partial charge in [0.25, 0.3) is 0 Å². The quantitative estimate of drug-likeness (QED) is 0.152. The third-order valence-corrected chi connectivity index (χ3v) is 8.91. The standard InChI is InChI=1S/C29H38F4O3/c1-2-3-4-5-18-6-7-23-15-22(13-12-21(23)14-18)19-8-10-20(11-9-19)28(34)35-24-16-25(30)27(26(31)17-24)36-29(32)33/h2-3,16-23,29H,4-15H2,1H3/b3-2+. The smallest absolute Gasteiger partial charge is 0.387 e. The Morgan fingerprint density at radius 2 is 1.50 bits per heavy atom. The van der Waals surface area contributed by atoms with Gasteiger partial charge >= 0.3 is 12.6 Å². The third-order valence-electron chi connectivity index (χ3n) is 8.91. The summed E-state index contributed by atoms with van der Waals surface area (Å²) in [5, 5.41) is 0. The Labute approximate surface area is 211 Å². The fraction of sp³-hybridized carbons (Fsp3) is 0.690. The molecule has 3 nitrogen and oxygen atoms in total. The molecule has 0 bridgehead atoms. The number of hydrogen-bond donors (Lipinski definition) is 0. The van der Waals surface area contributed by atoms with Gasteiger partial charge in [0, 0.05) is 12.1 Å². The van der Waals surface area contributed by atoms with Crippen LogP contribution in [0.2, 0.25) is 0 Å². The van der Waals surface area contributed by atoms with E-state index in [-0.39, 0.29) is 11.7 Å². The highest BCUT2D eigenvalue weighted by Gasteiger charge is 2.39. The Morgan fingerprint density at radius 1 is 0.917 bits per heavy atom. The van der Waals surface area contributed by atoms with Crippen molar-refractivity contribution in [2.45, 2.75) is 90.6 Å². The summed E-state index contributed by atoms with van der Waals surface area (Å²) in [5.74, 6) is -1.02. The van der Waals surface area contributed by atoms with Crippen molar-refractivity contribution in [2.24, 2.45) is 35.5 Å². The first-order valence-corrected chi connectivity index (χ1v) is 13.6. The number of hydrogen-bond acceptors (Lipinski definition) is 3. The van der Waals surface area contributed by atoms with Crippen molar-refractivity contribution in [1.82, 2.24) is 0 Å². The second-order valence-electron chi connectivity index (χ2n) is 11.0. The number of ether oxygens (including phenoxy) is 2. The topological polar surface area (TPSA) is 35.5 Å². The van der Waals surface area contributed by atoms with Crippen LogP contribution in [-0.4, -0.2) is 12.6 Å². The van der Waals surface area contributed by atoms with Crippen molar-refractivity contribution >= 4 is 5.97 Å². The first-order valence-electron chi connectivity index (χ1n) is 13.6. The summed E-state index contributed by atoms with van der Waals surface area (Å²) in [6.07, 6.45) is 18.4. The predicted molar refractivity (Wildman–Crippen MR) is 130 cm³/mol. The number of benzene rings is 1. The van der Waals surface area contributed by atoms with E-state index < -0.39 is 30.0 Å². The Kier molecular flexibility index (Phi) is 9.35. The maximum atomic E-state index is 13.9. The van der Waals surface area contributed by atoms with Crippen LogP contribution < -0.4 is 9.47 Å². The van der Waals surface area contributed by atoms with E-state index in [4.69, 9.17) is 4.74 Å². The lowest BCUT2D eigenvalue weighted by Crippen LogP contribution is -2.35. The minimum Gasteiger partial charge on any atom is -0.429 e. The van der Waals surface area contributed by atoms with Crippen molar-refractivity contribution in [2.75, 3.05) is 0 Å². The first kappa shape index (κ1) is 27.0. The van der Waals surface area contributed by atoms with Crippen LogP contribution in [0.1, 0.15) is 84.0 Å². The van der Waals surface area contributed by atoms with Crippen LogP contribution >= 0.6 is 0 Å². The summed E-state index contributed by atoms with van der Waals surface area (Å²) in [4.78, 5) is 12.6. The largest absolute Gasteiger partial charge is 0.429 e. The van der Waals surface area contributed by atoms with E-state index in [0.29, 0.717) is 30.9 Å². The summed E-state index contributed by atoms with van der Waals surface area (Å²) >= 11 is 0. The summed E-state index contributed by atoms with van der Waals surface area (Å²) in [7, 11) is 0. The van der Waals surface area contributed by atoms with E-state index in [0.717, 1.165) is 36.5 Å². The molecule has 0 spiro atoms. The first-order chi connectivity index (χ1) is 17.3. The van der Waals surface area contributed by atoms with Crippen LogP contribution in [0.5, 0.6) is 11.5 Å². The molecular formula is C29H38F4O3. The summed E-state index contributed by atoms with van der Waals surface area (Å²) < 4.78 is 61.5. The molecule has 200 valence electrons. The van der Waals surface area contributed by atoms with Crippen molar-refractivity contribution in [3.63, 3.8) is 0 Å². The number of carbonyl (C=O) groups excluding carboxylic acids is 1. The number of allylic oxidation sites excluding steroid dienone is 2. The summed E-state index contributed by atoms with van der Waals surface area (Å²) in [6, 6.07) is 1.41. The number of alkyl halides is 2. The van der Waals surface area contributed by atoms with Gasteiger partial charge in [0.15, 0.2) is 17.4 Å². The zero-order chi connectivity index (χ0) is 25.7. The minimum atomic E-state index is -3.35. The zero-order valence-electron chi connectivity index (χ0n) is 21.1. The maximum Gasteiger partial charge on any atom is 0.387 e. The lowest BCUT2D eigenvalue weighted by atomic mass is 9.60. The highest BCUT2D eigenvalue weighted by Crippen LogP contribution is 2.49. The number of rotatable bonds is 8. The SMILES string of the molecule is C/C=C/CCC1CCC2CC(C3CCC(C(=O)Oc4cc(F)c(OC(F)F)c(F)c4)CC3)CCC2C1. The molecule has 4 atom stereocenters. The Bertz CT molecular complexity index is 887. The summed E-state index contributed by atoms with van der Waals surface area (Å²) in [6.45, 7) is -1.26. The fourth-order valence-corrected chi connectivity index (χ4v) is 7.03. The van der Waals surface area contributed by atoms with E-state index in [1.165, 1.54) is 51.4 Å². The molecule has 0 heterocycles. The minimum absolute atomic E-state index is 0.312. The molecule has 36 heavy (non-hydrogen) atoms. The van der Waals surface area contributed by atoms with E-state index in [1.807, 2.05) is 0 Å². The lowest BCUT2D eigenvalue weighted by molar-refractivity contribution is -0.140. The molecule has 3 aliphatic rings. The molecule has 0 amide bonds. The van der Waals surface area contributed by atoms with Crippen LogP contribution in [-0.2, 0) is 4.79 Å². The Morgan fingerprint density at radius 3 is 2.14 bits per heavy atom. The van der Waals surface area contributed by atoms with Crippen LogP contribution in [0.4, 0.5) is 17.6 Å². The second-order valence-corrected chi connectivity index (χ2v) is 11.0. The molecule has 3 fully saturated rings. The van der Waals surface area contributed by atoms with Gasteiger partial charge in [0.05, 0.1) is 5.92 Å². The van der Waals surface area contributed by atoms with Gasteiger partial charge < -0.3 is 9.47 Å². The molecular weight excluding hydrogens is 472 g/mol. The number of esters is 1. The van der Waals surface area contributed by atoms with Crippen LogP contribution in [0.15, 0.2) is 24.3 Å². The zero-order valence-corrected chi connectivity index (χ0v) is 21.1. The highest BCUT2D eigenvalue weighted by molar-refractivity contribution is 5.75. The monoisotopic (exact) mass is 510 g/mol. The highest BCUT2D eigenvalue weighted by atomic mass is 19.3. The van der Waals surface area contributed by atoms with Gasteiger partial charge in [-0.05, 0) is 107 Å². The molecule has 0 aliphatic heterocycles. The number of halogens is 4. The molecule has 3 aliphatic carbocycles. The lowest BCUT2D eigenvalue weighted by Gasteiger charge is -2.45.